The maximum absolute atomic E-state index is 5.91. The van der Waals surface area contributed by atoms with Crippen LogP contribution in [-0.2, 0) is 4.74 Å². The number of halogens is 1. The minimum atomic E-state index is 0.359. The molecular formula is C10H14ClN3O. The van der Waals surface area contributed by atoms with E-state index < -0.39 is 0 Å². The molecule has 1 fully saturated rings. The summed E-state index contributed by atoms with van der Waals surface area (Å²) in [6.07, 6.45) is 6.76. The van der Waals surface area contributed by atoms with Crippen molar-refractivity contribution in [2.75, 3.05) is 12.4 Å². The van der Waals surface area contributed by atoms with Gasteiger partial charge >= 0.3 is 0 Å². The smallest absolute Gasteiger partial charge is 0.171 e. The van der Waals surface area contributed by atoms with E-state index in [2.05, 4.69) is 15.3 Å². The predicted octanol–water partition coefficient (Wildman–Crippen LogP) is 2.11. The summed E-state index contributed by atoms with van der Waals surface area (Å²) in [5.41, 5.74) is 0. The number of rotatable bonds is 3. The number of hydrogen-bond acceptors (Lipinski definition) is 4. The molecule has 0 saturated heterocycles. The summed E-state index contributed by atoms with van der Waals surface area (Å²) in [7, 11) is 1.75. The molecule has 5 heteroatoms. The summed E-state index contributed by atoms with van der Waals surface area (Å²) in [4.78, 5) is 8.12. The van der Waals surface area contributed by atoms with Crippen molar-refractivity contribution in [3.8, 4) is 0 Å². The van der Waals surface area contributed by atoms with Crippen molar-refractivity contribution >= 4 is 17.4 Å². The summed E-state index contributed by atoms with van der Waals surface area (Å²) in [5.74, 6) is 0.668. The Morgan fingerprint density at radius 1 is 1.40 bits per heavy atom. The molecule has 0 aromatic carbocycles. The second kappa shape index (κ2) is 4.77. The number of hydrogen-bond donors (Lipinski definition) is 1. The molecule has 0 radical (unpaired) electrons. The summed E-state index contributed by atoms with van der Waals surface area (Å²) in [5, 5.41) is 3.72. The van der Waals surface area contributed by atoms with Crippen LogP contribution in [0.3, 0.4) is 0 Å². The highest BCUT2D eigenvalue weighted by atomic mass is 35.5. The molecular weight excluding hydrogens is 214 g/mol. The van der Waals surface area contributed by atoms with E-state index in [0.29, 0.717) is 23.1 Å². The minimum Gasteiger partial charge on any atom is -0.381 e. The first-order chi connectivity index (χ1) is 7.29. The molecule has 1 N–H and O–H groups in total. The first-order valence-electron chi connectivity index (χ1n) is 5.05. The Bertz CT molecular complexity index is 334. The fourth-order valence-corrected chi connectivity index (χ4v) is 2.06. The van der Waals surface area contributed by atoms with E-state index in [1.165, 1.54) is 0 Å². The lowest BCUT2D eigenvalue weighted by molar-refractivity contribution is 0.108. The standard InChI is InChI=1S/C10H14ClN3O/c1-15-8-3-2-7(6-8)14-10-9(11)12-4-5-13-10/h4-5,7-8H,2-3,6H2,1H3,(H,13,14). The summed E-state index contributed by atoms with van der Waals surface area (Å²) < 4.78 is 5.30. The van der Waals surface area contributed by atoms with Gasteiger partial charge in [-0.25, -0.2) is 9.97 Å². The number of anilines is 1. The van der Waals surface area contributed by atoms with Crippen molar-refractivity contribution in [2.24, 2.45) is 0 Å². The van der Waals surface area contributed by atoms with Crippen LogP contribution in [-0.4, -0.2) is 29.2 Å². The number of methoxy groups -OCH3 is 1. The molecule has 15 heavy (non-hydrogen) atoms. The van der Waals surface area contributed by atoms with Gasteiger partial charge < -0.3 is 10.1 Å². The molecule has 2 atom stereocenters. The third-order valence-corrected chi connectivity index (χ3v) is 2.99. The van der Waals surface area contributed by atoms with Crippen LogP contribution in [0.1, 0.15) is 19.3 Å². The highest BCUT2D eigenvalue weighted by Gasteiger charge is 2.24. The lowest BCUT2D eigenvalue weighted by Crippen LogP contribution is -2.18. The molecule has 2 rings (SSSR count). The Morgan fingerprint density at radius 3 is 2.87 bits per heavy atom. The molecule has 1 saturated carbocycles. The largest absolute Gasteiger partial charge is 0.381 e. The van der Waals surface area contributed by atoms with Crippen LogP contribution in [0.5, 0.6) is 0 Å². The molecule has 1 aromatic heterocycles. The molecule has 0 spiro atoms. The van der Waals surface area contributed by atoms with E-state index in [1.54, 1.807) is 19.5 Å². The van der Waals surface area contributed by atoms with E-state index in [1.807, 2.05) is 0 Å². The molecule has 1 aromatic rings. The normalized spacial score (nSPS) is 25.5. The molecule has 2 unspecified atom stereocenters. The van der Waals surface area contributed by atoms with Crippen molar-refractivity contribution in [2.45, 2.75) is 31.4 Å². The van der Waals surface area contributed by atoms with E-state index in [0.717, 1.165) is 19.3 Å². The number of nitrogens with one attached hydrogen (secondary N) is 1. The van der Waals surface area contributed by atoms with Crippen LogP contribution < -0.4 is 5.32 Å². The lowest BCUT2D eigenvalue weighted by atomic mass is 10.2. The van der Waals surface area contributed by atoms with E-state index in [4.69, 9.17) is 16.3 Å². The topological polar surface area (TPSA) is 47.0 Å². The molecule has 0 bridgehead atoms. The monoisotopic (exact) mass is 227 g/mol. The van der Waals surface area contributed by atoms with Gasteiger partial charge in [0.25, 0.3) is 0 Å². The average Bonchev–Trinajstić information content (AvgIpc) is 2.69. The number of nitrogens with zero attached hydrogens (tertiary/aromatic N) is 2. The van der Waals surface area contributed by atoms with Crippen LogP contribution in [0, 0.1) is 0 Å². The van der Waals surface area contributed by atoms with Gasteiger partial charge in [0.15, 0.2) is 11.0 Å². The first kappa shape index (κ1) is 10.6. The Kier molecular flexibility index (Phi) is 3.38. The van der Waals surface area contributed by atoms with Crippen LogP contribution in [0.4, 0.5) is 5.82 Å². The van der Waals surface area contributed by atoms with Gasteiger partial charge in [-0.15, -0.1) is 0 Å². The molecule has 0 aliphatic heterocycles. The van der Waals surface area contributed by atoms with E-state index >= 15 is 0 Å². The van der Waals surface area contributed by atoms with Gasteiger partial charge in [0.2, 0.25) is 0 Å². The van der Waals surface area contributed by atoms with Gasteiger partial charge in [0.05, 0.1) is 6.10 Å². The summed E-state index contributed by atoms with van der Waals surface area (Å²) in [6.45, 7) is 0. The van der Waals surface area contributed by atoms with Crippen molar-refractivity contribution in [3.05, 3.63) is 17.5 Å². The van der Waals surface area contributed by atoms with Crippen LogP contribution >= 0.6 is 11.6 Å². The maximum Gasteiger partial charge on any atom is 0.171 e. The van der Waals surface area contributed by atoms with Gasteiger partial charge in [-0.3, -0.25) is 0 Å². The molecule has 1 aliphatic rings. The Labute approximate surface area is 94.0 Å². The zero-order valence-electron chi connectivity index (χ0n) is 8.61. The molecule has 1 aliphatic carbocycles. The summed E-state index contributed by atoms with van der Waals surface area (Å²) >= 11 is 5.91. The summed E-state index contributed by atoms with van der Waals surface area (Å²) in [6, 6.07) is 0.393. The maximum atomic E-state index is 5.91. The molecule has 1 heterocycles. The number of aromatic nitrogens is 2. The van der Waals surface area contributed by atoms with Crippen molar-refractivity contribution in [1.82, 2.24) is 9.97 Å². The van der Waals surface area contributed by atoms with Crippen molar-refractivity contribution < 1.29 is 4.74 Å². The molecule has 82 valence electrons. The Hall–Kier alpha value is -0.870. The second-order valence-corrected chi connectivity index (χ2v) is 4.07. The van der Waals surface area contributed by atoms with Gasteiger partial charge in [-0.2, -0.15) is 0 Å². The fraction of sp³-hybridized carbons (Fsp3) is 0.600. The van der Waals surface area contributed by atoms with Crippen molar-refractivity contribution in [1.29, 1.82) is 0 Å². The van der Waals surface area contributed by atoms with Gasteiger partial charge in [0.1, 0.15) is 0 Å². The second-order valence-electron chi connectivity index (χ2n) is 3.71. The van der Waals surface area contributed by atoms with Gasteiger partial charge in [-0.1, -0.05) is 11.6 Å². The number of ether oxygens (including phenoxy) is 1. The lowest BCUT2D eigenvalue weighted by Gasteiger charge is -2.13. The zero-order chi connectivity index (χ0) is 10.7. The first-order valence-corrected chi connectivity index (χ1v) is 5.43. The Balaban J connectivity index is 1.96. The minimum absolute atomic E-state index is 0.359. The van der Waals surface area contributed by atoms with Gasteiger partial charge in [0, 0.05) is 25.5 Å². The molecule has 4 nitrogen and oxygen atoms in total. The fourth-order valence-electron chi connectivity index (χ4n) is 1.90. The quantitative estimate of drug-likeness (QED) is 0.859. The highest BCUT2D eigenvalue weighted by Crippen LogP contribution is 2.25. The van der Waals surface area contributed by atoms with Crippen molar-refractivity contribution in [3.63, 3.8) is 0 Å². The van der Waals surface area contributed by atoms with Crippen LogP contribution in [0.15, 0.2) is 12.4 Å². The SMILES string of the molecule is COC1CCC(Nc2nccnc2Cl)C1. The molecule has 0 amide bonds. The van der Waals surface area contributed by atoms with Crippen LogP contribution in [0.2, 0.25) is 5.15 Å². The average molecular weight is 228 g/mol. The predicted molar refractivity (Wildman–Crippen MR) is 59.1 cm³/mol. The van der Waals surface area contributed by atoms with Crippen LogP contribution in [0.25, 0.3) is 0 Å². The zero-order valence-corrected chi connectivity index (χ0v) is 9.37. The van der Waals surface area contributed by atoms with E-state index in [9.17, 15) is 0 Å². The highest BCUT2D eigenvalue weighted by molar-refractivity contribution is 6.31. The van der Waals surface area contributed by atoms with E-state index in [-0.39, 0.29) is 0 Å². The third kappa shape index (κ3) is 2.58. The van der Waals surface area contributed by atoms with Gasteiger partial charge in [-0.05, 0) is 19.3 Å². The third-order valence-electron chi connectivity index (χ3n) is 2.71. The Morgan fingerprint density at radius 2 is 2.20 bits per heavy atom.